The largest absolute Gasteiger partial charge is 0.497 e. The van der Waals surface area contributed by atoms with E-state index in [1.54, 1.807) is 7.11 Å². The fraction of sp³-hybridized carbons (Fsp3) is 0.652. The van der Waals surface area contributed by atoms with E-state index in [1.807, 2.05) is 24.3 Å². The van der Waals surface area contributed by atoms with Gasteiger partial charge in [-0.05, 0) is 61.2 Å². The number of rotatable bonds is 6. The Hall–Kier alpha value is -1.86. The van der Waals surface area contributed by atoms with Crippen molar-refractivity contribution in [2.45, 2.75) is 57.7 Å². The number of piperidine rings is 1. The quantitative estimate of drug-likeness (QED) is 0.675. The highest BCUT2D eigenvalue weighted by molar-refractivity contribution is 7.80. The van der Waals surface area contributed by atoms with Crippen LogP contribution in [0.3, 0.4) is 0 Å². The first-order valence-electron chi connectivity index (χ1n) is 11.2. The summed E-state index contributed by atoms with van der Waals surface area (Å²) in [6.45, 7) is 6.95. The van der Waals surface area contributed by atoms with E-state index in [-0.39, 0.29) is 11.7 Å². The molecule has 6 nitrogen and oxygen atoms in total. The molecule has 1 amide bonds. The molecule has 2 saturated heterocycles. The number of hydrogen-bond donors (Lipinski definition) is 2. The summed E-state index contributed by atoms with van der Waals surface area (Å²) in [6, 6.07) is 7.75. The van der Waals surface area contributed by atoms with Crippen molar-refractivity contribution in [3.05, 3.63) is 24.3 Å². The molecule has 2 N–H and O–H groups in total. The van der Waals surface area contributed by atoms with Gasteiger partial charge in [-0.1, -0.05) is 20.3 Å². The van der Waals surface area contributed by atoms with E-state index >= 15 is 0 Å². The van der Waals surface area contributed by atoms with Gasteiger partial charge >= 0.3 is 0 Å². The lowest BCUT2D eigenvalue weighted by atomic mass is 9.95. The van der Waals surface area contributed by atoms with Crippen molar-refractivity contribution < 1.29 is 9.53 Å². The van der Waals surface area contributed by atoms with E-state index < -0.39 is 0 Å². The molecule has 0 unspecified atom stereocenters. The average molecular weight is 431 g/mol. The number of carbonyl (C=O) groups excluding carboxylic acids is 1. The number of methoxy groups -OCH3 is 1. The lowest BCUT2D eigenvalue weighted by Gasteiger charge is -2.45. The summed E-state index contributed by atoms with van der Waals surface area (Å²) in [7, 11) is 1.66. The third kappa shape index (κ3) is 4.28. The van der Waals surface area contributed by atoms with Crippen LogP contribution in [0.2, 0.25) is 0 Å². The highest BCUT2D eigenvalue weighted by Crippen LogP contribution is 2.39. The minimum Gasteiger partial charge on any atom is -0.497 e. The zero-order valence-corrected chi connectivity index (χ0v) is 19.1. The van der Waals surface area contributed by atoms with Crippen molar-refractivity contribution in [1.29, 1.82) is 0 Å². The summed E-state index contributed by atoms with van der Waals surface area (Å²) in [5.41, 5.74) is 0.752. The first-order chi connectivity index (χ1) is 14.5. The molecule has 2 aliphatic heterocycles. The van der Waals surface area contributed by atoms with Gasteiger partial charge < -0.3 is 19.9 Å². The van der Waals surface area contributed by atoms with E-state index in [9.17, 15) is 4.79 Å². The lowest BCUT2D eigenvalue weighted by Crippen LogP contribution is -2.60. The Morgan fingerprint density at radius 2 is 1.97 bits per heavy atom. The number of amides is 1. The highest BCUT2D eigenvalue weighted by atomic mass is 32.1. The number of thiocarbonyl (C=S) groups is 1. The first-order valence-corrected chi connectivity index (χ1v) is 11.7. The Bertz CT molecular complexity index is 772. The molecule has 2 heterocycles. The Morgan fingerprint density at radius 1 is 1.30 bits per heavy atom. The lowest BCUT2D eigenvalue weighted by molar-refractivity contribution is -0.134. The molecular weight excluding hydrogens is 396 g/mol. The minimum absolute atomic E-state index is 0.0512. The van der Waals surface area contributed by atoms with Gasteiger partial charge in [-0.15, -0.1) is 0 Å². The van der Waals surface area contributed by atoms with E-state index in [2.05, 4.69) is 34.3 Å². The molecule has 1 spiro atoms. The third-order valence-corrected chi connectivity index (χ3v) is 7.40. The minimum atomic E-state index is -0.208. The van der Waals surface area contributed by atoms with Gasteiger partial charge in [-0.3, -0.25) is 10.1 Å². The van der Waals surface area contributed by atoms with Crippen molar-refractivity contribution in [3.63, 3.8) is 0 Å². The molecule has 7 heteroatoms. The van der Waals surface area contributed by atoms with Crippen LogP contribution >= 0.6 is 12.2 Å². The second-order valence-electron chi connectivity index (χ2n) is 9.08. The predicted molar refractivity (Wildman–Crippen MR) is 124 cm³/mol. The van der Waals surface area contributed by atoms with E-state index in [1.165, 1.54) is 12.8 Å². The normalized spacial score (nSPS) is 24.2. The van der Waals surface area contributed by atoms with Crippen LogP contribution in [0.15, 0.2) is 24.3 Å². The second-order valence-corrected chi connectivity index (χ2v) is 9.46. The van der Waals surface area contributed by atoms with Gasteiger partial charge in [-0.25, -0.2) is 0 Å². The summed E-state index contributed by atoms with van der Waals surface area (Å²) in [5.74, 6) is 2.19. The molecule has 3 aliphatic rings. The zero-order chi connectivity index (χ0) is 21.3. The van der Waals surface area contributed by atoms with Crippen molar-refractivity contribution in [1.82, 2.24) is 15.1 Å². The molecule has 1 saturated carbocycles. The first kappa shape index (κ1) is 21.4. The maximum atomic E-state index is 13.3. The molecule has 3 fully saturated rings. The van der Waals surface area contributed by atoms with Gasteiger partial charge in [0.25, 0.3) is 0 Å². The van der Waals surface area contributed by atoms with Crippen LogP contribution in [0.5, 0.6) is 5.75 Å². The van der Waals surface area contributed by atoms with Crippen molar-refractivity contribution in [3.8, 4) is 5.75 Å². The smallest absolute Gasteiger partial charge is 0.241 e. The number of anilines is 1. The standard InChI is InChI=1S/C23H34N4O2S/c1-4-16(2)20-21(28)27(15-17-5-6-17)23(25-20)11-13-26(14-12-23)22(30)24-18-7-9-19(29-3)10-8-18/h7-10,16-17,20,25H,4-6,11-15H2,1-3H3,(H,24,30)/t16-,20+/m1/s1. The van der Waals surface area contributed by atoms with Gasteiger partial charge in [-0.2, -0.15) is 0 Å². The fourth-order valence-corrected chi connectivity index (χ4v) is 4.92. The van der Waals surface area contributed by atoms with Crippen LogP contribution in [0.25, 0.3) is 0 Å². The van der Waals surface area contributed by atoms with Crippen molar-refractivity contribution in [2.24, 2.45) is 11.8 Å². The third-order valence-electron chi connectivity index (χ3n) is 7.04. The van der Waals surface area contributed by atoms with Gasteiger partial charge in [0.15, 0.2) is 5.11 Å². The predicted octanol–water partition coefficient (Wildman–Crippen LogP) is 3.44. The van der Waals surface area contributed by atoms with E-state index in [0.29, 0.717) is 17.7 Å². The monoisotopic (exact) mass is 430 g/mol. The van der Waals surface area contributed by atoms with Crippen LogP contribution in [-0.2, 0) is 4.79 Å². The number of hydrogen-bond acceptors (Lipinski definition) is 4. The highest BCUT2D eigenvalue weighted by Gasteiger charge is 2.53. The molecule has 0 radical (unpaired) electrons. The molecule has 4 rings (SSSR count). The van der Waals surface area contributed by atoms with Gasteiger partial charge in [0.05, 0.1) is 18.8 Å². The zero-order valence-electron chi connectivity index (χ0n) is 18.3. The Morgan fingerprint density at radius 3 is 2.53 bits per heavy atom. The molecule has 30 heavy (non-hydrogen) atoms. The SMILES string of the molecule is CC[C@@H](C)[C@@H]1NC2(CCN(C(=S)Nc3ccc(OC)cc3)CC2)N(CC2CC2)C1=O. The second kappa shape index (κ2) is 8.71. The summed E-state index contributed by atoms with van der Waals surface area (Å²) in [4.78, 5) is 17.7. The molecule has 1 aromatic rings. The van der Waals surface area contributed by atoms with Crippen molar-refractivity contribution in [2.75, 3.05) is 32.1 Å². The molecule has 2 atom stereocenters. The molecule has 164 valence electrons. The number of carbonyl (C=O) groups is 1. The van der Waals surface area contributed by atoms with Crippen LogP contribution in [0, 0.1) is 11.8 Å². The van der Waals surface area contributed by atoms with Crippen LogP contribution in [-0.4, -0.2) is 59.3 Å². The Kier molecular flexibility index (Phi) is 6.21. The van der Waals surface area contributed by atoms with Gasteiger partial charge in [0, 0.05) is 38.2 Å². The number of likely N-dealkylation sites (tertiary alicyclic amines) is 1. The summed E-state index contributed by atoms with van der Waals surface area (Å²) < 4.78 is 5.22. The Balaban J connectivity index is 1.40. The van der Waals surface area contributed by atoms with Gasteiger partial charge in [0.1, 0.15) is 5.75 Å². The molecule has 1 aromatic carbocycles. The molecule has 0 aromatic heterocycles. The molecular formula is C23H34N4O2S. The number of ether oxygens (including phenoxy) is 1. The maximum Gasteiger partial charge on any atom is 0.241 e. The number of nitrogens with zero attached hydrogens (tertiary/aromatic N) is 2. The molecule has 1 aliphatic carbocycles. The Labute approximate surface area is 185 Å². The number of benzene rings is 1. The summed E-state index contributed by atoms with van der Waals surface area (Å²) in [5, 5.41) is 7.87. The van der Waals surface area contributed by atoms with E-state index in [0.717, 1.165) is 55.4 Å². The number of nitrogens with one attached hydrogen (secondary N) is 2. The average Bonchev–Trinajstić information content (AvgIpc) is 3.56. The van der Waals surface area contributed by atoms with E-state index in [4.69, 9.17) is 17.0 Å². The maximum absolute atomic E-state index is 13.3. The summed E-state index contributed by atoms with van der Waals surface area (Å²) >= 11 is 5.68. The van der Waals surface area contributed by atoms with Crippen LogP contribution < -0.4 is 15.4 Å². The summed E-state index contributed by atoms with van der Waals surface area (Å²) in [6.07, 6.45) is 5.34. The molecule has 0 bridgehead atoms. The van der Waals surface area contributed by atoms with Gasteiger partial charge in [0.2, 0.25) is 5.91 Å². The fourth-order valence-electron chi connectivity index (χ4n) is 4.62. The van der Waals surface area contributed by atoms with Crippen LogP contribution in [0.1, 0.15) is 46.0 Å². The van der Waals surface area contributed by atoms with Crippen LogP contribution in [0.4, 0.5) is 5.69 Å². The topological polar surface area (TPSA) is 56.8 Å². The van der Waals surface area contributed by atoms with Crippen molar-refractivity contribution >= 4 is 28.9 Å².